The molecule has 4 rings (SSSR count). The van der Waals surface area contributed by atoms with Gasteiger partial charge in [-0.25, -0.2) is 0 Å². The number of nitrogens with zero attached hydrogens (tertiary/aromatic N) is 5. The zero-order valence-electron chi connectivity index (χ0n) is 18.6. The largest absolute Gasteiger partial charge is 0.379 e. The predicted molar refractivity (Wildman–Crippen MR) is 134 cm³/mol. The molecular weight excluding hydrogens is 505 g/mol. The molecular formula is C22H36IN7O. The van der Waals surface area contributed by atoms with Crippen LogP contribution in [0.2, 0.25) is 0 Å². The van der Waals surface area contributed by atoms with E-state index in [1.807, 2.05) is 31.4 Å². The molecule has 0 unspecified atom stereocenters. The van der Waals surface area contributed by atoms with Crippen molar-refractivity contribution in [2.45, 2.75) is 50.5 Å². The van der Waals surface area contributed by atoms with Gasteiger partial charge in [0.15, 0.2) is 11.6 Å². The van der Waals surface area contributed by atoms with Crippen molar-refractivity contribution in [2.75, 3.05) is 46.4 Å². The lowest BCUT2D eigenvalue weighted by atomic mass is 9.80. The number of halogens is 1. The van der Waals surface area contributed by atoms with Crippen LogP contribution >= 0.6 is 24.0 Å². The highest BCUT2D eigenvalue weighted by Gasteiger charge is 2.38. The highest BCUT2D eigenvalue weighted by Crippen LogP contribution is 2.33. The minimum atomic E-state index is 0. The first kappa shape index (κ1) is 24.2. The first-order chi connectivity index (χ1) is 14.8. The van der Waals surface area contributed by atoms with E-state index in [1.165, 1.54) is 32.1 Å². The summed E-state index contributed by atoms with van der Waals surface area (Å²) in [5.74, 6) is 1.89. The van der Waals surface area contributed by atoms with E-state index in [2.05, 4.69) is 35.1 Å². The number of rotatable bonds is 7. The average molecular weight is 541 g/mol. The second-order valence-corrected chi connectivity index (χ2v) is 8.39. The van der Waals surface area contributed by atoms with Crippen LogP contribution in [0.15, 0.2) is 29.4 Å². The van der Waals surface area contributed by atoms with E-state index in [4.69, 9.17) is 4.74 Å². The van der Waals surface area contributed by atoms with Crippen LogP contribution in [0.3, 0.4) is 0 Å². The molecule has 0 radical (unpaired) electrons. The summed E-state index contributed by atoms with van der Waals surface area (Å²) in [6.07, 6.45) is 10.4. The van der Waals surface area contributed by atoms with E-state index in [0.717, 1.165) is 69.7 Å². The smallest absolute Gasteiger partial charge is 0.191 e. The van der Waals surface area contributed by atoms with Gasteiger partial charge in [0.05, 0.1) is 13.2 Å². The van der Waals surface area contributed by atoms with Crippen LogP contribution in [0.1, 0.15) is 44.3 Å². The molecule has 0 aromatic carbocycles. The standard InChI is InChI=1S/C22H35N7O.HI/c1-23-21(24-12-7-9-20-27-26-19-8-3-6-13-29(19)20)25-18-22(10-4-2-5-11-22)28-14-16-30-17-15-28;/h3,6,8,13H,2,4-5,7,9-12,14-18H2,1H3,(H2,23,24,25);1H. The maximum absolute atomic E-state index is 5.60. The van der Waals surface area contributed by atoms with Gasteiger partial charge in [-0.1, -0.05) is 25.3 Å². The fourth-order valence-electron chi connectivity index (χ4n) is 4.84. The van der Waals surface area contributed by atoms with Crippen LogP contribution in [0.25, 0.3) is 5.65 Å². The molecule has 0 spiro atoms. The third kappa shape index (κ3) is 6.07. The Morgan fingerprint density at radius 2 is 1.94 bits per heavy atom. The first-order valence-electron chi connectivity index (χ1n) is 11.4. The number of hydrogen-bond acceptors (Lipinski definition) is 5. The number of aliphatic imine (C=N–C) groups is 1. The third-order valence-corrected chi connectivity index (χ3v) is 6.53. The van der Waals surface area contributed by atoms with Gasteiger partial charge in [0.2, 0.25) is 0 Å². The lowest BCUT2D eigenvalue weighted by Crippen LogP contribution is -2.60. The summed E-state index contributed by atoms with van der Waals surface area (Å²) >= 11 is 0. The van der Waals surface area contributed by atoms with Gasteiger partial charge in [0, 0.05) is 51.4 Å². The Morgan fingerprint density at radius 3 is 2.71 bits per heavy atom. The van der Waals surface area contributed by atoms with Gasteiger partial charge in [-0.05, 0) is 31.4 Å². The minimum Gasteiger partial charge on any atom is -0.379 e. The Kier molecular flexibility index (Phi) is 9.33. The van der Waals surface area contributed by atoms with Crippen LogP contribution in [-0.4, -0.2) is 77.4 Å². The lowest BCUT2D eigenvalue weighted by Gasteiger charge is -2.48. The van der Waals surface area contributed by atoms with Crippen LogP contribution in [0, 0.1) is 0 Å². The molecule has 1 aliphatic heterocycles. The number of fused-ring (bicyclic) bond motifs is 1. The van der Waals surface area contributed by atoms with Crippen molar-refractivity contribution in [3.8, 4) is 0 Å². The molecule has 2 N–H and O–H groups in total. The number of aromatic nitrogens is 3. The van der Waals surface area contributed by atoms with Crippen molar-refractivity contribution < 1.29 is 4.74 Å². The van der Waals surface area contributed by atoms with Crippen molar-refractivity contribution in [1.29, 1.82) is 0 Å². The average Bonchev–Trinajstić information content (AvgIpc) is 3.23. The summed E-state index contributed by atoms with van der Waals surface area (Å²) in [6.45, 7) is 5.59. The van der Waals surface area contributed by atoms with Gasteiger partial charge in [-0.2, -0.15) is 0 Å². The van der Waals surface area contributed by atoms with Gasteiger partial charge in [0.1, 0.15) is 5.82 Å². The van der Waals surface area contributed by atoms with Crippen LogP contribution < -0.4 is 10.6 Å². The van der Waals surface area contributed by atoms with E-state index >= 15 is 0 Å². The van der Waals surface area contributed by atoms with E-state index in [-0.39, 0.29) is 29.5 Å². The molecule has 1 aliphatic carbocycles. The Balaban J connectivity index is 0.00000272. The number of guanidine groups is 1. The van der Waals surface area contributed by atoms with Crippen molar-refractivity contribution in [3.63, 3.8) is 0 Å². The van der Waals surface area contributed by atoms with Crippen molar-refractivity contribution >= 4 is 35.6 Å². The van der Waals surface area contributed by atoms with Gasteiger partial charge in [-0.15, -0.1) is 34.2 Å². The molecule has 31 heavy (non-hydrogen) atoms. The van der Waals surface area contributed by atoms with Gasteiger partial charge in [-0.3, -0.25) is 14.3 Å². The Morgan fingerprint density at radius 1 is 1.13 bits per heavy atom. The lowest BCUT2D eigenvalue weighted by molar-refractivity contribution is -0.0352. The Labute approximate surface area is 202 Å². The topological polar surface area (TPSA) is 79.1 Å². The van der Waals surface area contributed by atoms with Gasteiger partial charge >= 0.3 is 0 Å². The number of ether oxygens (including phenoxy) is 1. The third-order valence-electron chi connectivity index (χ3n) is 6.53. The fraction of sp³-hybridized carbons (Fsp3) is 0.682. The second-order valence-electron chi connectivity index (χ2n) is 8.39. The highest BCUT2D eigenvalue weighted by molar-refractivity contribution is 14.0. The van der Waals surface area contributed by atoms with E-state index in [9.17, 15) is 0 Å². The highest BCUT2D eigenvalue weighted by atomic mass is 127. The zero-order valence-corrected chi connectivity index (χ0v) is 20.9. The number of pyridine rings is 1. The quantitative estimate of drug-likeness (QED) is 0.243. The number of morpholine rings is 1. The summed E-state index contributed by atoms with van der Waals surface area (Å²) in [4.78, 5) is 7.11. The molecule has 2 fully saturated rings. The molecule has 2 aliphatic rings. The second kappa shape index (κ2) is 12.0. The molecule has 1 saturated carbocycles. The van der Waals surface area contributed by atoms with Crippen LogP contribution in [-0.2, 0) is 11.2 Å². The van der Waals surface area contributed by atoms with E-state index < -0.39 is 0 Å². The minimum absolute atomic E-state index is 0. The molecule has 2 aromatic heterocycles. The molecule has 9 heteroatoms. The van der Waals surface area contributed by atoms with Gasteiger partial charge in [0.25, 0.3) is 0 Å². The van der Waals surface area contributed by atoms with E-state index in [1.54, 1.807) is 0 Å². The fourth-order valence-corrected chi connectivity index (χ4v) is 4.84. The number of nitrogens with one attached hydrogen (secondary N) is 2. The molecule has 0 amide bonds. The summed E-state index contributed by atoms with van der Waals surface area (Å²) in [6, 6.07) is 5.98. The normalized spacial score (nSPS) is 19.7. The van der Waals surface area contributed by atoms with Crippen LogP contribution in [0.5, 0.6) is 0 Å². The monoisotopic (exact) mass is 541 g/mol. The Hall–Kier alpha value is -1.46. The van der Waals surface area contributed by atoms with Crippen molar-refractivity contribution in [2.24, 2.45) is 4.99 Å². The SMILES string of the molecule is CN=C(NCCCc1nnc2ccccn12)NCC1(N2CCOCC2)CCCCC1.I. The molecule has 8 nitrogen and oxygen atoms in total. The number of hydrogen-bond donors (Lipinski definition) is 2. The first-order valence-corrected chi connectivity index (χ1v) is 11.4. The molecule has 172 valence electrons. The predicted octanol–water partition coefficient (Wildman–Crippen LogP) is 2.48. The van der Waals surface area contributed by atoms with Crippen LogP contribution in [0.4, 0.5) is 0 Å². The summed E-state index contributed by atoms with van der Waals surface area (Å²) in [5.41, 5.74) is 1.14. The summed E-state index contributed by atoms with van der Waals surface area (Å²) in [5, 5.41) is 15.6. The summed E-state index contributed by atoms with van der Waals surface area (Å²) in [7, 11) is 1.85. The molecule has 2 aromatic rings. The van der Waals surface area contributed by atoms with E-state index in [0.29, 0.717) is 0 Å². The molecule has 3 heterocycles. The zero-order chi connectivity index (χ0) is 20.7. The van der Waals surface area contributed by atoms with Gasteiger partial charge < -0.3 is 15.4 Å². The molecule has 1 saturated heterocycles. The molecule has 0 atom stereocenters. The number of aryl methyl sites for hydroxylation is 1. The van der Waals surface area contributed by atoms with Crippen molar-refractivity contribution in [1.82, 2.24) is 30.1 Å². The Bertz CT molecular complexity index is 828. The maximum atomic E-state index is 5.60. The molecule has 0 bridgehead atoms. The summed E-state index contributed by atoms with van der Waals surface area (Å²) < 4.78 is 7.65. The van der Waals surface area contributed by atoms with Crippen molar-refractivity contribution in [3.05, 3.63) is 30.2 Å². The maximum Gasteiger partial charge on any atom is 0.191 e.